The van der Waals surface area contributed by atoms with Gasteiger partial charge in [-0.2, -0.15) is 10.1 Å². The van der Waals surface area contributed by atoms with Crippen LogP contribution in [0.4, 0.5) is 4.79 Å². The highest BCUT2D eigenvalue weighted by Gasteiger charge is 2.32. The molecule has 0 atom stereocenters. The monoisotopic (exact) mass is 583 g/mol. The second kappa shape index (κ2) is 12.0. The Labute approximate surface area is 253 Å². The fraction of sp³-hybridized carbons (Fsp3) is 0.471. The van der Waals surface area contributed by atoms with Gasteiger partial charge in [-0.25, -0.2) is 14.5 Å². The molecular weight excluding hydrogens is 542 g/mol. The van der Waals surface area contributed by atoms with Crippen molar-refractivity contribution in [2.24, 2.45) is 0 Å². The number of ether oxygens (including phenoxy) is 3. The molecule has 2 aliphatic rings. The van der Waals surface area contributed by atoms with Crippen molar-refractivity contribution >= 4 is 17.0 Å². The van der Waals surface area contributed by atoms with Crippen LogP contribution in [0.25, 0.3) is 16.7 Å². The number of hydrogen-bond donors (Lipinski definition) is 0. The van der Waals surface area contributed by atoms with Crippen molar-refractivity contribution in [2.45, 2.75) is 90.6 Å². The molecule has 1 amide bonds. The summed E-state index contributed by atoms with van der Waals surface area (Å²) in [6.45, 7) is 11.7. The molecule has 9 nitrogen and oxygen atoms in total. The van der Waals surface area contributed by atoms with Gasteiger partial charge in [-0.15, -0.1) is 0 Å². The van der Waals surface area contributed by atoms with Crippen molar-refractivity contribution in [3.8, 4) is 11.7 Å². The van der Waals surface area contributed by atoms with E-state index in [1.165, 1.54) is 16.7 Å². The largest absolute Gasteiger partial charge is 0.474 e. The van der Waals surface area contributed by atoms with Gasteiger partial charge in [-0.3, -0.25) is 0 Å². The van der Waals surface area contributed by atoms with Crippen molar-refractivity contribution < 1.29 is 19.0 Å². The van der Waals surface area contributed by atoms with Crippen molar-refractivity contribution in [1.29, 1.82) is 0 Å². The molecule has 0 radical (unpaired) electrons. The molecule has 0 unspecified atom stereocenters. The lowest BCUT2D eigenvalue weighted by molar-refractivity contribution is -0.0695. The lowest BCUT2D eigenvalue weighted by Crippen LogP contribution is -2.41. The van der Waals surface area contributed by atoms with Crippen LogP contribution >= 0.6 is 0 Å². The van der Waals surface area contributed by atoms with Crippen LogP contribution in [0.2, 0.25) is 0 Å². The number of benzene rings is 2. The summed E-state index contributed by atoms with van der Waals surface area (Å²) in [7, 11) is 0. The number of aromatic nitrogens is 4. The molecule has 3 heterocycles. The van der Waals surface area contributed by atoms with Crippen LogP contribution in [0.15, 0.2) is 54.7 Å². The SMILES string of the molecule is Cc1nc(OC2CC(OCc3ccccc3)C2)cc(-n2ncc3cc(C)c(C4CCN(C(=O)OC(C)(C)C)CC4)cc32)n1. The molecule has 1 saturated heterocycles. The number of likely N-dealkylation sites (tertiary alicyclic amines) is 1. The predicted molar refractivity (Wildman–Crippen MR) is 165 cm³/mol. The molecule has 1 saturated carbocycles. The van der Waals surface area contributed by atoms with E-state index in [1.807, 2.05) is 67.7 Å². The Morgan fingerprint density at radius 2 is 1.72 bits per heavy atom. The zero-order valence-electron chi connectivity index (χ0n) is 25.7. The first-order valence-corrected chi connectivity index (χ1v) is 15.3. The van der Waals surface area contributed by atoms with E-state index in [4.69, 9.17) is 24.3 Å². The van der Waals surface area contributed by atoms with Gasteiger partial charge in [-0.1, -0.05) is 30.3 Å². The van der Waals surface area contributed by atoms with Gasteiger partial charge in [0, 0.05) is 37.4 Å². The van der Waals surface area contributed by atoms with Gasteiger partial charge >= 0.3 is 6.09 Å². The summed E-state index contributed by atoms with van der Waals surface area (Å²) in [4.78, 5) is 23.7. The molecule has 1 aliphatic heterocycles. The smallest absolute Gasteiger partial charge is 0.410 e. The molecule has 2 aromatic heterocycles. The number of carbonyl (C=O) groups is 1. The average Bonchev–Trinajstić information content (AvgIpc) is 3.36. The minimum Gasteiger partial charge on any atom is -0.474 e. The number of fused-ring (bicyclic) bond motifs is 1. The highest BCUT2D eigenvalue weighted by molar-refractivity contribution is 5.82. The molecule has 0 N–H and O–H groups in total. The van der Waals surface area contributed by atoms with E-state index >= 15 is 0 Å². The maximum atomic E-state index is 12.6. The molecule has 226 valence electrons. The minimum absolute atomic E-state index is 0.0677. The van der Waals surface area contributed by atoms with Crippen molar-refractivity contribution in [3.63, 3.8) is 0 Å². The molecule has 43 heavy (non-hydrogen) atoms. The third kappa shape index (κ3) is 6.82. The summed E-state index contributed by atoms with van der Waals surface area (Å²) < 4.78 is 19.8. The Kier molecular flexibility index (Phi) is 8.09. The van der Waals surface area contributed by atoms with Crippen LogP contribution < -0.4 is 4.74 Å². The van der Waals surface area contributed by atoms with Crippen LogP contribution in [0.1, 0.15) is 74.9 Å². The van der Waals surface area contributed by atoms with Gasteiger partial charge in [0.15, 0.2) is 5.82 Å². The van der Waals surface area contributed by atoms with E-state index in [0.29, 0.717) is 43.1 Å². The maximum absolute atomic E-state index is 12.6. The first-order chi connectivity index (χ1) is 20.6. The fourth-order valence-electron chi connectivity index (χ4n) is 5.93. The first-order valence-electron chi connectivity index (χ1n) is 15.3. The maximum Gasteiger partial charge on any atom is 0.410 e. The van der Waals surface area contributed by atoms with E-state index in [9.17, 15) is 4.79 Å². The molecule has 2 aromatic carbocycles. The Bertz CT molecular complexity index is 1580. The van der Waals surface area contributed by atoms with Crippen molar-refractivity contribution in [1.82, 2.24) is 24.6 Å². The highest BCUT2D eigenvalue weighted by Crippen LogP contribution is 2.34. The molecule has 6 rings (SSSR count). The van der Waals surface area contributed by atoms with Crippen LogP contribution in [0, 0.1) is 13.8 Å². The zero-order valence-corrected chi connectivity index (χ0v) is 25.7. The van der Waals surface area contributed by atoms with E-state index in [0.717, 1.165) is 36.6 Å². The van der Waals surface area contributed by atoms with Gasteiger partial charge in [0.2, 0.25) is 5.88 Å². The standard InChI is InChI=1S/C34H41N5O4/c1-22-15-26-20-35-39(30(26)18-29(22)25-11-13-38(14-12-25)33(40)43-34(3,4)5)31-19-32(37-23(2)36-31)42-28-16-27(17-28)41-21-24-9-7-6-8-10-24/h6-10,15,18-20,25,27-28H,11-14,16-17,21H2,1-5H3. The second-order valence-electron chi connectivity index (χ2n) is 12.8. The lowest BCUT2D eigenvalue weighted by Gasteiger charge is -2.34. The van der Waals surface area contributed by atoms with Crippen LogP contribution in [-0.2, 0) is 16.1 Å². The Morgan fingerprint density at radius 3 is 2.44 bits per heavy atom. The molecule has 9 heteroatoms. The van der Waals surface area contributed by atoms with E-state index in [2.05, 4.69) is 36.2 Å². The number of piperidine rings is 1. The molecule has 2 fully saturated rings. The Balaban J connectivity index is 1.13. The molecular formula is C34H41N5O4. The minimum atomic E-state index is -0.491. The Hall–Kier alpha value is -3.98. The third-order valence-electron chi connectivity index (χ3n) is 8.23. The van der Waals surface area contributed by atoms with Gasteiger partial charge < -0.3 is 19.1 Å². The first kappa shape index (κ1) is 29.1. The van der Waals surface area contributed by atoms with Gasteiger partial charge in [0.25, 0.3) is 0 Å². The molecule has 1 aliphatic carbocycles. The summed E-state index contributed by atoms with van der Waals surface area (Å²) in [5.74, 6) is 2.23. The van der Waals surface area contributed by atoms with Crippen molar-refractivity contribution in [2.75, 3.05) is 13.1 Å². The molecule has 0 spiro atoms. The summed E-state index contributed by atoms with van der Waals surface area (Å²) in [5.41, 5.74) is 4.21. The normalized spacial score (nSPS) is 19.3. The summed E-state index contributed by atoms with van der Waals surface area (Å²) in [6, 6.07) is 16.5. The summed E-state index contributed by atoms with van der Waals surface area (Å²) >= 11 is 0. The van der Waals surface area contributed by atoms with E-state index in [1.54, 1.807) is 0 Å². The van der Waals surface area contributed by atoms with Crippen LogP contribution in [0.5, 0.6) is 5.88 Å². The van der Waals surface area contributed by atoms with Gasteiger partial charge in [0.05, 0.1) is 24.4 Å². The summed E-state index contributed by atoms with van der Waals surface area (Å²) in [6.07, 6.45) is 5.37. The van der Waals surface area contributed by atoms with Gasteiger partial charge in [-0.05, 0) is 82.2 Å². The summed E-state index contributed by atoms with van der Waals surface area (Å²) in [5, 5.41) is 5.76. The number of nitrogens with zero attached hydrogens (tertiary/aromatic N) is 5. The molecule has 4 aromatic rings. The van der Waals surface area contributed by atoms with E-state index < -0.39 is 5.60 Å². The zero-order chi connectivity index (χ0) is 30.1. The molecule has 0 bridgehead atoms. The average molecular weight is 584 g/mol. The topological polar surface area (TPSA) is 91.6 Å². The van der Waals surface area contributed by atoms with Gasteiger partial charge in [0.1, 0.15) is 17.5 Å². The lowest BCUT2D eigenvalue weighted by atomic mass is 9.86. The third-order valence-corrected chi connectivity index (χ3v) is 8.23. The predicted octanol–water partition coefficient (Wildman–Crippen LogP) is 6.67. The van der Waals surface area contributed by atoms with Crippen LogP contribution in [-0.4, -0.2) is 61.6 Å². The highest BCUT2D eigenvalue weighted by atomic mass is 16.6. The quantitative estimate of drug-likeness (QED) is 0.240. The van der Waals surface area contributed by atoms with Crippen LogP contribution in [0.3, 0.4) is 0 Å². The number of aryl methyl sites for hydroxylation is 2. The Morgan fingerprint density at radius 1 is 0.977 bits per heavy atom. The fourth-order valence-corrected chi connectivity index (χ4v) is 5.93. The number of carbonyl (C=O) groups excluding carboxylic acids is 1. The van der Waals surface area contributed by atoms with E-state index in [-0.39, 0.29) is 18.3 Å². The second-order valence-corrected chi connectivity index (χ2v) is 12.8. The number of hydrogen-bond acceptors (Lipinski definition) is 7. The number of rotatable bonds is 7. The number of amides is 1. The van der Waals surface area contributed by atoms with Crippen molar-refractivity contribution in [3.05, 3.63) is 77.2 Å².